The highest BCUT2D eigenvalue weighted by atomic mass is 14.9. The van der Waals surface area contributed by atoms with E-state index in [0.29, 0.717) is 11.8 Å². The molecule has 0 atom stereocenters. The summed E-state index contributed by atoms with van der Waals surface area (Å²) in [4.78, 5) is 3.54. The summed E-state index contributed by atoms with van der Waals surface area (Å²) in [6.07, 6.45) is 0. The van der Waals surface area contributed by atoms with Gasteiger partial charge in [0.05, 0.1) is 0 Å². The molecular formula is C17H22N2. The fourth-order valence-corrected chi connectivity index (χ4v) is 2.93. The van der Waals surface area contributed by atoms with Crippen LogP contribution in [0.2, 0.25) is 0 Å². The van der Waals surface area contributed by atoms with Crippen LogP contribution in [-0.4, -0.2) is 9.55 Å². The molecule has 3 rings (SSSR count). The molecule has 0 saturated heterocycles. The van der Waals surface area contributed by atoms with Gasteiger partial charge in [0.25, 0.3) is 0 Å². The van der Waals surface area contributed by atoms with Crippen molar-refractivity contribution in [3.63, 3.8) is 0 Å². The van der Waals surface area contributed by atoms with Gasteiger partial charge >= 0.3 is 0 Å². The third-order valence-corrected chi connectivity index (χ3v) is 4.10. The second-order valence-electron chi connectivity index (χ2n) is 6.12. The zero-order valence-corrected chi connectivity index (χ0v) is 12.4. The van der Waals surface area contributed by atoms with E-state index in [4.69, 9.17) is 0 Å². The maximum Gasteiger partial charge on any atom is 0.0487 e. The van der Waals surface area contributed by atoms with Gasteiger partial charge in [-0.05, 0) is 36.1 Å². The number of nitrogens with one attached hydrogen (secondary N) is 1. The Kier molecular flexibility index (Phi) is 2.70. The first-order chi connectivity index (χ1) is 8.99. The standard InChI is InChI=1S/C17H22N2/c1-10(2)15-8-12-13-9-17(11(3)4)19(5)16(13)7-6-14(12)18-15/h6-11,18H,1-5H3. The van der Waals surface area contributed by atoms with Crippen molar-refractivity contribution in [2.45, 2.75) is 39.5 Å². The lowest BCUT2D eigenvalue weighted by Crippen LogP contribution is -1.97. The number of hydrogen-bond donors (Lipinski definition) is 1. The summed E-state index contributed by atoms with van der Waals surface area (Å²) >= 11 is 0. The first-order valence-corrected chi connectivity index (χ1v) is 7.10. The summed E-state index contributed by atoms with van der Waals surface area (Å²) in [6, 6.07) is 9.09. The zero-order chi connectivity index (χ0) is 13.7. The van der Waals surface area contributed by atoms with Crippen LogP contribution in [0.5, 0.6) is 0 Å². The van der Waals surface area contributed by atoms with Gasteiger partial charge in [-0.2, -0.15) is 0 Å². The Morgan fingerprint density at radius 3 is 2.32 bits per heavy atom. The SMILES string of the molecule is CC(C)c1cc2c(ccc3c2cc(C(C)C)n3C)[nH]1. The van der Waals surface area contributed by atoms with Gasteiger partial charge in [0, 0.05) is 40.2 Å². The Labute approximate surface area is 114 Å². The molecule has 0 unspecified atom stereocenters. The summed E-state index contributed by atoms with van der Waals surface area (Å²) in [5.74, 6) is 1.09. The molecule has 0 bridgehead atoms. The van der Waals surface area contributed by atoms with E-state index in [1.54, 1.807) is 0 Å². The van der Waals surface area contributed by atoms with Crippen LogP contribution in [0.3, 0.4) is 0 Å². The number of fused-ring (bicyclic) bond motifs is 3. The summed E-state index contributed by atoms with van der Waals surface area (Å²) in [6.45, 7) is 8.96. The van der Waals surface area contributed by atoms with Crippen molar-refractivity contribution in [1.29, 1.82) is 0 Å². The van der Waals surface area contributed by atoms with Crippen molar-refractivity contribution in [2.24, 2.45) is 7.05 Å². The van der Waals surface area contributed by atoms with E-state index in [9.17, 15) is 0 Å². The maximum atomic E-state index is 3.54. The third kappa shape index (κ3) is 1.78. The second-order valence-corrected chi connectivity index (χ2v) is 6.12. The predicted octanol–water partition coefficient (Wildman–Crippen LogP) is 4.91. The molecule has 2 nitrogen and oxygen atoms in total. The van der Waals surface area contributed by atoms with Crippen molar-refractivity contribution in [3.05, 3.63) is 35.7 Å². The lowest BCUT2D eigenvalue weighted by molar-refractivity contribution is 0.755. The minimum absolute atomic E-state index is 0.538. The second kappa shape index (κ2) is 4.16. The third-order valence-electron chi connectivity index (χ3n) is 4.10. The lowest BCUT2D eigenvalue weighted by Gasteiger charge is -2.06. The van der Waals surface area contributed by atoms with E-state index in [1.165, 1.54) is 33.2 Å². The van der Waals surface area contributed by atoms with Crippen LogP contribution in [0.25, 0.3) is 21.8 Å². The molecule has 0 aliphatic rings. The smallest absolute Gasteiger partial charge is 0.0487 e. The van der Waals surface area contributed by atoms with E-state index >= 15 is 0 Å². The summed E-state index contributed by atoms with van der Waals surface area (Å²) < 4.78 is 2.32. The average molecular weight is 254 g/mol. The Balaban J connectivity index is 2.36. The Morgan fingerprint density at radius 1 is 0.947 bits per heavy atom. The van der Waals surface area contributed by atoms with Crippen LogP contribution < -0.4 is 0 Å². The topological polar surface area (TPSA) is 20.7 Å². The monoisotopic (exact) mass is 254 g/mol. The first kappa shape index (κ1) is 12.3. The van der Waals surface area contributed by atoms with Gasteiger partial charge < -0.3 is 9.55 Å². The summed E-state index contributed by atoms with van der Waals surface area (Å²) in [5.41, 5.74) is 5.29. The molecule has 19 heavy (non-hydrogen) atoms. The normalized spacial score (nSPS) is 12.4. The Morgan fingerprint density at radius 2 is 1.68 bits per heavy atom. The van der Waals surface area contributed by atoms with Gasteiger partial charge in [-0.1, -0.05) is 27.7 Å². The van der Waals surface area contributed by atoms with Crippen molar-refractivity contribution in [1.82, 2.24) is 9.55 Å². The average Bonchev–Trinajstić information content (AvgIpc) is 2.90. The first-order valence-electron chi connectivity index (χ1n) is 7.10. The largest absolute Gasteiger partial charge is 0.358 e. The van der Waals surface area contributed by atoms with Crippen molar-refractivity contribution in [3.8, 4) is 0 Å². The molecule has 100 valence electrons. The van der Waals surface area contributed by atoms with Crippen LogP contribution in [0.4, 0.5) is 0 Å². The number of nitrogens with zero attached hydrogens (tertiary/aromatic N) is 1. The molecule has 0 aliphatic carbocycles. The van der Waals surface area contributed by atoms with Gasteiger partial charge in [-0.15, -0.1) is 0 Å². The quantitative estimate of drug-likeness (QED) is 0.671. The van der Waals surface area contributed by atoms with E-state index in [-0.39, 0.29) is 0 Å². The lowest BCUT2D eigenvalue weighted by atomic mass is 10.1. The molecule has 3 aromatic rings. The number of hydrogen-bond acceptors (Lipinski definition) is 0. The fraction of sp³-hybridized carbons (Fsp3) is 0.412. The molecule has 0 saturated carbocycles. The highest BCUT2D eigenvalue weighted by molar-refractivity contribution is 6.06. The molecular weight excluding hydrogens is 232 g/mol. The number of benzene rings is 1. The molecule has 2 heterocycles. The molecule has 1 aromatic carbocycles. The number of H-pyrrole nitrogens is 1. The Bertz CT molecular complexity index is 741. The van der Waals surface area contributed by atoms with Crippen LogP contribution in [0.15, 0.2) is 24.3 Å². The number of aromatic amines is 1. The van der Waals surface area contributed by atoms with Crippen molar-refractivity contribution < 1.29 is 0 Å². The van der Waals surface area contributed by atoms with Gasteiger partial charge in [-0.25, -0.2) is 0 Å². The number of rotatable bonds is 2. The van der Waals surface area contributed by atoms with Gasteiger partial charge in [0.2, 0.25) is 0 Å². The van der Waals surface area contributed by atoms with Gasteiger partial charge in [0.15, 0.2) is 0 Å². The van der Waals surface area contributed by atoms with Crippen LogP contribution in [0.1, 0.15) is 50.9 Å². The Hall–Kier alpha value is -1.70. The predicted molar refractivity (Wildman–Crippen MR) is 83.0 cm³/mol. The maximum absolute atomic E-state index is 3.54. The van der Waals surface area contributed by atoms with Crippen molar-refractivity contribution in [2.75, 3.05) is 0 Å². The molecule has 0 aliphatic heterocycles. The van der Waals surface area contributed by atoms with E-state index in [2.05, 4.69) is 68.6 Å². The molecule has 2 aromatic heterocycles. The molecule has 0 radical (unpaired) electrons. The fourth-order valence-electron chi connectivity index (χ4n) is 2.93. The van der Waals surface area contributed by atoms with Crippen LogP contribution in [0, 0.1) is 0 Å². The molecule has 1 N–H and O–H groups in total. The molecule has 2 heteroatoms. The minimum atomic E-state index is 0.538. The van der Waals surface area contributed by atoms with E-state index < -0.39 is 0 Å². The van der Waals surface area contributed by atoms with Crippen molar-refractivity contribution >= 4 is 21.8 Å². The highest BCUT2D eigenvalue weighted by Gasteiger charge is 2.13. The van der Waals surface area contributed by atoms with E-state index in [1.807, 2.05) is 0 Å². The molecule has 0 spiro atoms. The number of aryl methyl sites for hydroxylation is 1. The van der Waals surface area contributed by atoms with Gasteiger partial charge in [-0.3, -0.25) is 0 Å². The summed E-state index contributed by atoms with van der Waals surface area (Å²) in [5, 5.41) is 2.72. The molecule has 0 fully saturated rings. The summed E-state index contributed by atoms with van der Waals surface area (Å²) in [7, 11) is 2.17. The zero-order valence-electron chi connectivity index (χ0n) is 12.4. The number of aromatic nitrogens is 2. The van der Waals surface area contributed by atoms with Gasteiger partial charge in [0.1, 0.15) is 0 Å². The minimum Gasteiger partial charge on any atom is -0.358 e. The van der Waals surface area contributed by atoms with Crippen LogP contribution >= 0.6 is 0 Å². The highest BCUT2D eigenvalue weighted by Crippen LogP contribution is 2.32. The molecule has 0 amide bonds. The van der Waals surface area contributed by atoms with Crippen LogP contribution in [-0.2, 0) is 7.05 Å². The van der Waals surface area contributed by atoms with E-state index in [0.717, 1.165) is 0 Å².